The first-order valence-electron chi connectivity index (χ1n) is 9.32. The van der Waals surface area contributed by atoms with Crippen LogP contribution in [0.15, 0.2) is 101 Å². The molecule has 1 atom stereocenters. The fourth-order valence-corrected chi connectivity index (χ4v) is 3.90. The van der Waals surface area contributed by atoms with Gasteiger partial charge in [-0.3, -0.25) is 0 Å². The lowest BCUT2D eigenvalue weighted by Gasteiger charge is -2.18. The monoisotopic (exact) mass is 348 g/mol. The summed E-state index contributed by atoms with van der Waals surface area (Å²) in [6, 6.07) is 34.3. The van der Waals surface area contributed by atoms with Crippen LogP contribution in [0, 0.1) is 6.92 Å². The number of furan rings is 1. The quantitative estimate of drug-likeness (QED) is 0.340. The van der Waals surface area contributed by atoms with Gasteiger partial charge in [0.1, 0.15) is 11.3 Å². The third-order valence-corrected chi connectivity index (χ3v) is 5.27. The van der Waals surface area contributed by atoms with E-state index in [0.29, 0.717) is 0 Å². The first kappa shape index (κ1) is 15.9. The van der Waals surface area contributed by atoms with Gasteiger partial charge in [0.25, 0.3) is 0 Å². The molecule has 27 heavy (non-hydrogen) atoms. The fourth-order valence-electron chi connectivity index (χ4n) is 3.90. The van der Waals surface area contributed by atoms with Crippen LogP contribution >= 0.6 is 0 Å². The van der Waals surface area contributed by atoms with Gasteiger partial charge >= 0.3 is 0 Å². The van der Waals surface area contributed by atoms with Crippen LogP contribution in [0.1, 0.15) is 28.4 Å². The molecule has 1 nitrogen and oxygen atoms in total. The number of hydrogen-bond donors (Lipinski definition) is 0. The predicted octanol–water partition coefficient (Wildman–Crippen LogP) is 7.07. The summed E-state index contributed by atoms with van der Waals surface area (Å²) >= 11 is 0. The van der Waals surface area contributed by atoms with Crippen molar-refractivity contribution in [1.29, 1.82) is 0 Å². The second-order valence-electron chi connectivity index (χ2n) is 7.10. The van der Waals surface area contributed by atoms with E-state index in [1.165, 1.54) is 27.5 Å². The van der Waals surface area contributed by atoms with Crippen molar-refractivity contribution < 1.29 is 4.42 Å². The zero-order valence-electron chi connectivity index (χ0n) is 15.2. The molecule has 1 unspecified atom stereocenters. The molecule has 5 aromatic rings. The summed E-state index contributed by atoms with van der Waals surface area (Å²) < 4.78 is 6.32. The Kier molecular flexibility index (Phi) is 3.79. The molecule has 0 aliphatic heterocycles. The summed E-state index contributed by atoms with van der Waals surface area (Å²) in [6.45, 7) is 2.12. The normalized spacial score (nSPS) is 12.5. The summed E-state index contributed by atoms with van der Waals surface area (Å²) in [6.07, 6.45) is 0. The van der Waals surface area contributed by atoms with Crippen LogP contribution in [-0.4, -0.2) is 0 Å². The molecule has 0 saturated carbocycles. The Bertz CT molecular complexity index is 1190. The molecule has 0 aliphatic carbocycles. The minimum absolute atomic E-state index is 0.0594. The third kappa shape index (κ3) is 2.82. The molecule has 0 aliphatic rings. The molecule has 0 saturated heterocycles. The molecular weight excluding hydrogens is 328 g/mol. The lowest BCUT2D eigenvalue weighted by molar-refractivity contribution is 0.542. The molecule has 0 amide bonds. The highest BCUT2D eigenvalue weighted by atomic mass is 16.3. The number of fused-ring (bicyclic) bond motifs is 2. The van der Waals surface area contributed by atoms with Crippen molar-refractivity contribution in [2.45, 2.75) is 12.8 Å². The van der Waals surface area contributed by atoms with Crippen LogP contribution in [-0.2, 0) is 0 Å². The topological polar surface area (TPSA) is 13.1 Å². The van der Waals surface area contributed by atoms with Gasteiger partial charge < -0.3 is 4.42 Å². The van der Waals surface area contributed by atoms with Crippen LogP contribution in [0.2, 0.25) is 0 Å². The van der Waals surface area contributed by atoms with E-state index >= 15 is 0 Å². The second kappa shape index (κ2) is 6.44. The highest BCUT2D eigenvalue weighted by Gasteiger charge is 2.22. The minimum atomic E-state index is 0.0594. The zero-order valence-corrected chi connectivity index (χ0v) is 15.2. The van der Waals surface area contributed by atoms with Gasteiger partial charge in [0.05, 0.1) is 5.92 Å². The predicted molar refractivity (Wildman–Crippen MR) is 112 cm³/mol. The molecule has 0 N–H and O–H groups in total. The molecule has 1 heteroatoms. The highest BCUT2D eigenvalue weighted by Crippen LogP contribution is 2.38. The fraction of sp³-hybridized carbons (Fsp3) is 0.0769. The molecule has 5 rings (SSSR count). The molecule has 130 valence electrons. The maximum absolute atomic E-state index is 6.32. The van der Waals surface area contributed by atoms with Gasteiger partial charge in [-0.05, 0) is 41.0 Å². The maximum atomic E-state index is 6.32. The van der Waals surface area contributed by atoms with E-state index in [1.54, 1.807) is 0 Å². The van der Waals surface area contributed by atoms with Crippen molar-refractivity contribution >= 4 is 21.7 Å². The average Bonchev–Trinajstić information content (AvgIpc) is 3.13. The Balaban J connectivity index is 1.78. The number of benzene rings is 4. The van der Waals surface area contributed by atoms with E-state index in [0.717, 1.165) is 16.7 Å². The SMILES string of the molecule is Cc1ccc(C(c2cc3ccccc3o2)c2cccc3ccccc23)cc1. The van der Waals surface area contributed by atoms with Crippen molar-refractivity contribution in [1.82, 2.24) is 0 Å². The van der Waals surface area contributed by atoms with Crippen molar-refractivity contribution in [2.75, 3.05) is 0 Å². The van der Waals surface area contributed by atoms with Crippen LogP contribution in [0.5, 0.6) is 0 Å². The lowest BCUT2D eigenvalue weighted by atomic mass is 9.85. The summed E-state index contributed by atoms with van der Waals surface area (Å²) in [5.41, 5.74) is 4.72. The molecule has 0 bridgehead atoms. The number of rotatable bonds is 3. The second-order valence-corrected chi connectivity index (χ2v) is 7.10. The van der Waals surface area contributed by atoms with Gasteiger partial charge in [-0.15, -0.1) is 0 Å². The van der Waals surface area contributed by atoms with E-state index in [9.17, 15) is 0 Å². The van der Waals surface area contributed by atoms with Crippen LogP contribution in [0.3, 0.4) is 0 Å². The summed E-state index contributed by atoms with van der Waals surface area (Å²) in [4.78, 5) is 0. The van der Waals surface area contributed by atoms with Gasteiger partial charge in [-0.1, -0.05) is 90.5 Å². The van der Waals surface area contributed by atoms with E-state index < -0.39 is 0 Å². The van der Waals surface area contributed by atoms with Crippen molar-refractivity contribution in [3.63, 3.8) is 0 Å². The largest absolute Gasteiger partial charge is 0.460 e. The van der Waals surface area contributed by atoms with Crippen LogP contribution < -0.4 is 0 Å². The molecule has 0 radical (unpaired) electrons. The Morgan fingerprint density at radius 2 is 1.37 bits per heavy atom. The van der Waals surface area contributed by atoms with Crippen molar-refractivity contribution in [3.05, 3.63) is 120 Å². The van der Waals surface area contributed by atoms with Gasteiger partial charge in [-0.2, -0.15) is 0 Å². The summed E-state index contributed by atoms with van der Waals surface area (Å²) in [5.74, 6) is 1.04. The number of para-hydroxylation sites is 1. The Morgan fingerprint density at radius 1 is 0.667 bits per heavy atom. The molecule has 4 aromatic carbocycles. The maximum Gasteiger partial charge on any atom is 0.134 e. The van der Waals surface area contributed by atoms with Gasteiger partial charge in [0, 0.05) is 5.39 Å². The van der Waals surface area contributed by atoms with Crippen LogP contribution in [0.4, 0.5) is 0 Å². The average molecular weight is 348 g/mol. The van der Waals surface area contributed by atoms with Crippen LogP contribution in [0.25, 0.3) is 21.7 Å². The van der Waals surface area contributed by atoms with E-state index in [2.05, 4.69) is 91.9 Å². The minimum Gasteiger partial charge on any atom is -0.460 e. The Hall–Kier alpha value is -3.32. The first-order chi connectivity index (χ1) is 13.3. The van der Waals surface area contributed by atoms with E-state index in [4.69, 9.17) is 4.42 Å². The highest BCUT2D eigenvalue weighted by molar-refractivity contribution is 5.87. The molecule has 1 heterocycles. The number of aryl methyl sites for hydroxylation is 1. The number of hydrogen-bond acceptors (Lipinski definition) is 1. The Labute approximate surface area is 158 Å². The van der Waals surface area contributed by atoms with E-state index in [1.807, 2.05) is 12.1 Å². The van der Waals surface area contributed by atoms with Crippen molar-refractivity contribution in [2.24, 2.45) is 0 Å². The first-order valence-corrected chi connectivity index (χ1v) is 9.32. The molecule has 0 fully saturated rings. The third-order valence-electron chi connectivity index (χ3n) is 5.27. The molecule has 1 aromatic heterocycles. The van der Waals surface area contributed by atoms with Gasteiger partial charge in [0.15, 0.2) is 0 Å². The summed E-state index contributed by atoms with van der Waals surface area (Å²) in [7, 11) is 0. The standard InChI is InChI=1S/C26H20O/c1-18-13-15-20(16-14-18)26(25-17-21-8-3-5-12-24(21)27-25)23-11-6-9-19-7-2-4-10-22(19)23/h2-17,26H,1H3. The summed E-state index contributed by atoms with van der Waals surface area (Å²) in [5, 5.41) is 3.67. The zero-order chi connectivity index (χ0) is 18.2. The van der Waals surface area contributed by atoms with Crippen molar-refractivity contribution in [3.8, 4) is 0 Å². The lowest BCUT2D eigenvalue weighted by Crippen LogP contribution is -2.03. The smallest absolute Gasteiger partial charge is 0.134 e. The molecular formula is C26H20O. The molecule has 0 spiro atoms. The Morgan fingerprint density at radius 3 is 2.19 bits per heavy atom. The van der Waals surface area contributed by atoms with E-state index in [-0.39, 0.29) is 5.92 Å². The van der Waals surface area contributed by atoms with Gasteiger partial charge in [-0.25, -0.2) is 0 Å². The van der Waals surface area contributed by atoms with Gasteiger partial charge in [0.2, 0.25) is 0 Å².